The summed E-state index contributed by atoms with van der Waals surface area (Å²) in [5, 5.41) is 2.90. The molecule has 0 aromatic carbocycles. The van der Waals surface area contributed by atoms with Gasteiger partial charge in [0, 0.05) is 39.0 Å². The Kier molecular flexibility index (Phi) is 4.43. The van der Waals surface area contributed by atoms with Gasteiger partial charge in [0.25, 0.3) is 5.91 Å². The standard InChI is InChI=1S/C18H23N5O3/c1-18(2,3)26-17(25)23-9-7-13-11(15(23)24)10-14(22(13)5)12-6-8-20-16(19-4)21-12/h6,8,10H,7,9H2,1-5H3,(H,19,20,21). The van der Waals surface area contributed by atoms with Gasteiger partial charge in [-0.05, 0) is 32.9 Å². The lowest BCUT2D eigenvalue weighted by Gasteiger charge is -2.28. The van der Waals surface area contributed by atoms with Gasteiger partial charge in [-0.2, -0.15) is 0 Å². The molecule has 0 radical (unpaired) electrons. The molecule has 0 saturated carbocycles. The monoisotopic (exact) mass is 357 g/mol. The van der Waals surface area contributed by atoms with Crippen LogP contribution in [0.25, 0.3) is 11.4 Å². The summed E-state index contributed by atoms with van der Waals surface area (Å²) in [5.74, 6) is 0.161. The van der Waals surface area contributed by atoms with Gasteiger partial charge in [0.1, 0.15) is 5.60 Å². The molecule has 1 aliphatic rings. The zero-order chi connectivity index (χ0) is 19.1. The third kappa shape index (κ3) is 3.26. The van der Waals surface area contributed by atoms with Crippen LogP contribution in [-0.4, -0.2) is 50.6 Å². The number of carbonyl (C=O) groups excluding carboxylic acids is 2. The largest absolute Gasteiger partial charge is 0.443 e. The quantitative estimate of drug-likeness (QED) is 0.888. The minimum atomic E-state index is -0.649. The maximum absolute atomic E-state index is 12.8. The molecular weight excluding hydrogens is 334 g/mol. The molecule has 3 rings (SSSR count). The Morgan fingerprint density at radius 2 is 2.08 bits per heavy atom. The van der Waals surface area contributed by atoms with E-state index in [1.165, 1.54) is 0 Å². The molecule has 8 heteroatoms. The van der Waals surface area contributed by atoms with Crippen molar-refractivity contribution in [2.45, 2.75) is 32.8 Å². The fourth-order valence-corrected chi connectivity index (χ4v) is 2.95. The Morgan fingerprint density at radius 1 is 1.35 bits per heavy atom. The lowest BCUT2D eigenvalue weighted by molar-refractivity contribution is 0.0232. The molecule has 0 saturated heterocycles. The Hall–Kier alpha value is -2.90. The van der Waals surface area contributed by atoms with E-state index in [2.05, 4.69) is 15.3 Å². The van der Waals surface area contributed by atoms with Crippen LogP contribution in [0.1, 0.15) is 36.8 Å². The van der Waals surface area contributed by atoms with E-state index in [1.807, 2.05) is 11.6 Å². The van der Waals surface area contributed by atoms with Gasteiger partial charge in [0.05, 0.1) is 17.0 Å². The van der Waals surface area contributed by atoms with Crippen LogP contribution in [0, 0.1) is 0 Å². The lowest BCUT2D eigenvalue weighted by atomic mass is 10.1. The zero-order valence-corrected chi connectivity index (χ0v) is 15.7. The van der Waals surface area contributed by atoms with Gasteiger partial charge in [-0.15, -0.1) is 0 Å². The number of nitrogens with zero attached hydrogens (tertiary/aromatic N) is 4. The highest BCUT2D eigenvalue weighted by Crippen LogP contribution is 2.29. The Morgan fingerprint density at radius 3 is 2.73 bits per heavy atom. The molecular formula is C18H23N5O3. The molecule has 1 N–H and O–H groups in total. The zero-order valence-electron chi connectivity index (χ0n) is 15.7. The van der Waals surface area contributed by atoms with Crippen molar-refractivity contribution < 1.29 is 14.3 Å². The number of hydrogen-bond donors (Lipinski definition) is 1. The maximum atomic E-state index is 12.8. The third-order valence-electron chi connectivity index (χ3n) is 4.16. The average molecular weight is 357 g/mol. The Bertz CT molecular complexity index is 866. The van der Waals surface area contributed by atoms with Gasteiger partial charge in [0.15, 0.2) is 0 Å². The van der Waals surface area contributed by atoms with E-state index < -0.39 is 11.7 Å². The van der Waals surface area contributed by atoms with Crippen molar-refractivity contribution in [3.63, 3.8) is 0 Å². The molecule has 8 nitrogen and oxygen atoms in total. The highest BCUT2D eigenvalue weighted by molar-refractivity contribution is 6.05. The van der Waals surface area contributed by atoms with Crippen molar-refractivity contribution in [3.05, 3.63) is 29.6 Å². The summed E-state index contributed by atoms with van der Waals surface area (Å²) in [5.41, 5.74) is 2.24. The van der Waals surface area contributed by atoms with E-state index in [-0.39, 0.29) is 5.91 Å². The first-order valence-corrected chi connectivity index (χ1v) is 8.46. The molecule has 2 amide bonds. The predicted molar refractivity (Wildman–Crippen MR) is 97.0 cm³/mol. The molecule has 0 unspecified atom stereocenters. The van der Waals surface area contributed by atoms with Gasteiger partial charge < -0.3 is 14.6 Å². The fraction of sp³-hybridized carbons (Fsp3) is 0.444. The molecule has 2 aromatic rings. The van der Waals surface area contributed by atoms with Crippen LogP contribution >= 0.6 is 0 Å². The first-order chi connectivity index (χ1) is 12.2. The van der Waals surface area contributed by atoms with Crippen LogP contribution in [0.15, 0.2) is 18.3 Å². The van der Waals surface area contributed by atoms with Gasteiger partial charge in [0.2, 0.25) is 5.95 Å². The minimum absolute atomic E-state index is 0.295. The molecule has 3 heterocycles. The van der Waals surface area contributed by atoms with Crippen LogP contribution in [0.2, 0.25) is 0 Å². The molecule has 138 valence electrons. The smallest absolute Gasteiger partial charge is 0.417 e. The predicted octanol–water partition coefficient (Wildman–Crippen LogP) is 2.46. The second kappa shape index (κ2) is 6.44. The molecule has 0 aliphatic carbocycles. The Balaban J connectivity index is 1.94. The summed E-state index contributed by atoms with van der Waals surface area (Å²) in [6.07, 6.45) is 1.62. The normalized spacial score (nSPS) is 14.2. The van der Waals surface area contributed by atoms with E-state index >= 15 is 0 Å². The molecule has 0 fully saturated rings. The summed E-state index contributed by atoms with van der Waals surface area (Å²) in [6, 6.07) is 3.56. The van der Waals surface area contributed by atoms with Gasteiger partial charge >= 0.3 is 6.09 Å². The lowest BCUT2D eigenvalue weighted by Crippen LogP contribution is -2.44. The number of hydrogen-bond acceptors (Lipinski definition) is 6. The SMILES string of the molecule is CNc1nccc(-c2cc3c(n2C)CCN(C(=O)OC(C)(C)C)C3=O)n1. The number of imide groups is 1. The summed E-state index contributed by atoms with van der Waals surface area (Å²) in [7, 11) is 3.64. The van der Waals surface area contributed by atoms with Crippen molar-refractivity contribution in [3.8, 4) is 11.4 Å². The van der Waals surface area contributed by atoms with Crippen LogP contribution in [0.3, 0.4) is 0 Å². The van der Waals surface area contributed by atoms with E-state index in [1.54, 1.807) is 46.1 Å². The van der Waals surface area contributed by atoms with Crippen LogP contribution in [0.4, 0.5) is 10.7 Å². The summed E-state index contributed by atoms with van der Waals surface area (Å²) in [4.78, 5) is 34.9. The van der Waals surface area contributed by atoms with E-state index in [9.17, 15) is 9.59 Å². The van der Waals surface area contributed by atoms with Crippen molar-refractivity contribution in [2.24, 2.45) is 7.05 Å². The number of amides is 2. The molecule has 1 aliphatic heterocycles. The van der Waals surface area contributed by atoms with Gasteiger partial charge in [-0.1, -0.05) is 0 Å². The van der Waals surface area contributed by atoms with Gasteiger partial charge in [-0.25, -0.2) is 19.7 Å². The van der Waals surface area contributed by atoms with E-state index in [0.29, 0.717) is 30.2 Å². The third-order valence-corrected chi connectivity index (χ3v) is 4.16. The van der Waals surface area contributed by atoms with Crippen LogP contribution in [0.5, 0.6) is 0 Å². The first-order valence-electron chi connectivity index (χ1n) is 8.46. The van der Waals surface area contributed by atoms with Crippen molar-refractivity contribution in [1.82, 2.24) is 19.4 Å². The van der Waals surface area contributed by atoms with Gasteiger partial charge in [-0.3, -0.25) is 4.79 Å². The summed E-state index contributed by atoms with van der Waals surface area (Å²) >= 11 is 0. The number of ether oxygens (including phenoxy) is 1. The van der Waals surface area contributed by atoms with Crippen molar-refractivity contribution in [2.75, 3.05) is 18.9 Å². The minimum Gasteiger partial charge on any atom is -0.443 e. The highest BCUT2D eigenvalue weighted by Gasteiger charge is 2.34. The van der Waals surface area contributed by atoms with Crippen LogP contribution < -0.4 is 5.32 Å². The number of carbonyl (C=O) groups is 2. The van der Waals surface area contributed by atoms with E-state index in [4.69, 9.17) is 4.74 Å². The number of aromatic nitrogens is 3. The summed E-state index contributed by atoms with van der Waals surface area (Å²) < 4.78 is 7.29. The number of rotatable bonds is 2. The second-order valence-corrected chi connectivity index (χ2v) is 7.15. The average Bonchev–Trinajstić information content (AvgIpc) is 2.91. The molecule has 2 aromatic heterocycles. The summed E-state index contributed by atoms with van der Waals surface area (Å²) in [6.45, 7) is 5.63. The number of nitrogens with one attached hydrogen (secondary N) is 1. The topological polar surface area (TPSA) is 89.4 Å². The van der Waals surface area contributed by atoms with Crippen molar-refractivity contribution in [1.29, 1.82) is 0 Å². The molecule has 26 heavy (non-hydrogen) atoms. The second-order valence-electron chi connectivity index (χ2n) is 7.15. The van der Waals surface area contributed by atoms with Crippen LogP contribution in [-0.2, 0) is 18.2 Å². The maximum Gasteiger partial charge on any atom is 0.417 e. The molecule has 0 bridgehead atoms. The number of anilines is 1. The molecule has 0 atom stereocenters. The Labute approximate surface area is 152 Å². The highest BCUT2D eigenvalue weighted by atomic mass is 16.6. The van der Waals surface area contributed by atoms with Crippen molar-refractivity contribution >= 4 is 17.9 Å². The first kappa shape index (κ1) is 17.9. The van der Waals surface area contributed by atoms with E-state index in [0.717, 1.165) is 16.3 Å². The molecule has 0 spiro atoms. The fourth-order valence-electron chi connectivity index (χ4n) is 2.95. The number of fused-ring (bicyclic) bond motifs is 1.